The average Bonchev–Trinajstić information content (AvgIpc) is 2.76. The van der Waals surface area contributed by atoms with Gasteiger partial charge in [-0.05, 0) is 19.8 Å². The minimum absolute atomic E-state index is 0. The highest BCUT2D eigenvalue weighted by atomic mass is 35.5. The van der Waals surface area contributed by atoms with Gasteiger partial charge in [-0.1, -0.05) is 6.42 Å². The first kappa shape index (κ1) is 16.4. The fraction of sp³-hybridized carbons (Fsp3) is 0.727. The van der Waals surface area contributed by atoms with Gasteiger partial charge in [-0.15, -0.1) is 12.4 Å². The zero-order valence-electron chi connectivity index (χ0n) is 11.2. The Hall–Kier alpha value is -0.630. The normalized spacial score (nSPS) is 22.8. The van der Waals surface area contributed by atoms with Crippen molar-refractivity contribution in [3.63, 3.8) is 0 Å². The van der Waals surface area contributed by atoms with Crippen molar-refractivity contribution in [3.05, 3.63) is 12.5 Å². The Morgan fingerprint density at radius 1 is 1.47 bits per heavy atom. The molecule has 8 heteroatoms. The lowest BCUT2D eigenvalue weighted by atomic mass is 10.00. The fourth-order valence-corrected chi connectivity index (χ4v) is 4.14. The highest BCUT2D eigenvalue weighted by Gasteiger charge is 2.36. The third kappa shape index (κ3) is 3.28. The topological polar surface area (TPSA) is 81.2 Å². The van der Waals surface area contributed by atoms with Gasteiger partial charge in [0.15, 0.2) is 5.03 Å². The molecular weight excluding hydrogens is 288 g/mol. The highest BCUT2D eigenvalue weighted by Crippen LogP contribution is 2.25. The maximum Gasteiger partial charge on any atom is 0.262 e. The predicted molar refractivity (Wildman–Crippen MR) is 75.6 cm³/mol. The Labute approximate surface area is 120 Å². The van der Waals surface area contributed by atoms with Crippen LogP contribution in [0.5, 0.6) is 0 Å². The van der Waals surface area contributed by atoms with Crippen molar-refractivity contribution in [1.29, 1.82) is 0 Å². The van der Waals surface area contributed by atoms with Crippen LogP contribution in [-0.4, -0.2) is 40.9 Å². The van der Waals surface area contributed by atoms with E-state index in [0.29, 0.717) is 6.54 Å². The molecule has 6 nitrogen and oxygen atoms in total. The highest BCUT2D eigenvalue weighted by molar-refractivity contribution is 7.89. The first-order valence-corrected chi connectivity index (χ1v) is 7.62. The summed E-state index contributed by atoms with van der Waals surface area (Å²) in [6.45, 7) is 2.39. The fourth-order valence-electron chi connectivity index (χ4n) is 2.40. The zero-order chi connectivity index (χ0) is 13.3. The molecule has 1 fully saturated rings. The number of piperidine rings is 1. The van der Waals surface area contributed by atoms with Crippen molar-refractivity contribution >= 4 is 22.4 Å². The second-order valence-corrected chi connectivity index (χ2v) is 6.75. The molecule has 1 aromatic rings. The number of hydrogen-bond acceptors (Lipinski definition) is 4. The van der Waals surface area contributed by atoms with Crippen LogP contribution < -0.4 is 5.73 Å². The third-order valence-corrected chi connectivity index (χ3v) is 5.17. The molecule has 0 bridgehead atoms. The third-order valence-electron chi connectivity index (χ3n) is 3.36. The number of rotatable bonds is 3. The van der Waals surface area contributed by atoms with E-state index in [1.165, 1.54) is 16.8 Å². The summed E-state index contributed by atoms with van der Waals surface area (Å²) in [6.07, 6.45) is 5.76. The lowest BCUT2D eigenvalue weighted by Crippen LogP contribution is -2.51. The lowest BCUT2D eigenvalue weighted by Gasteiger charge is -2.36. The molecule has 0 saturated carbocycles. The molecule has 1 aliphatic rings. The van der Waals surface area contributed by atoms with Gasteiger partial charge in [0.1, 0.15) is 0 Å². The number of aryl methyl sites for hydroxylation is 1. The summed E-state index contributed by atoms with van der Waals surface area (Å²) >= 11 is 0. The van der Waals surface area contributed by atoms with Crippen LogP contribution in [0.1, 0.15) is 26.2 Å². The van der Waals surface area contributed by atoms with Gasteiger partial charge in [0, 0.05) is 31.9 Å². The molecular formula is C11H21ClN4O2S. The Kier molecular flexibility index (Phi) is 5.37. The number of hydrogen-bond donors (Lipinski definition) is 1. The molecule has 2 rings (SSSR count). The van der Waals surface area contributed by atoms with Gasteiger partial charge in [0.25, 0.3) is 10.0 Å². The van der Waals surface area contributed by atoms with Crippen molar-refractivity contribution in [2.24, 2.45) is 12.8 Å². The maximum atomic E-state index is 12.5. The van der Waals surface area contributed by atoms with Gasteiger partial charge in [-0.3, -0.25) is 0 Å². The number of nitrogens with two attached hydrogens (primary N) is 1. The number of nitrogens with zero attached hydrogens (tertiary/aromatic N) is 3. The summed E-state index contributed by atoms with van der Waals surface area (Å²) in [5, 5.41) is 0.109. The van der Waals surface area contributed by atoms with Crippen molar-refractivity contribution in [1.82, 2.24) is 13.9 Å². The van der Waals surface area contributed by atoms with E-state index < -0.39 is 10.0 Å². The molecule has 0 radical (unpaired) electrons. The van der Waals surface area contributed by atoms with Gasteiger partial charge >= 0.3 is 0 Å². The molecule has 2 N–H and O–H groups in total. The molecule has 110 valence electrons. The quantitative estimate of drug-likeness (QED) is 0.892. The van der Waals surface area contributed by atoms with Crippen molar-refractivity contribution in [2.45, 2.75) is 43.3 Å². The summed E-state index contributed by atoms with van der Waals surface area (Å²) in [7, 11) is -1.76. The van der Waals surface area contributed by atoms with Gasteiger partial charge in [0.2, 0.25) is 0 Å². The van der Waals surface area contributed by atoms with Gasteiger partial charge < -0.3 is 10.3 Å². The summed E-state index contributed by atoms with van der Waals surface area (Å²) in [4.78, 5) is 3.95. The molecule has 1 aliphatic heterocycles. The van der Waals surface area contributed by atoms with E-state index in [-0.39, 0.29) is 29.5 Å². The van der Waals surface area contributed by atoms with Crippen molar-refractivity contribution in [3.8, 4) is 0 Å². The second-order valence-electron chi connectivity index (χ2n) is 4.92. The number of aromatic nitrogens is 2. The maximum absolute atomic E-state index is 12.5. The molecule has 2 atom stereocenters. The van der Waals surface area contributed by atoms with Crippen LogP contribution in [0.2, 0.25) is 0 Å². The smallest absolute Gasteiger partial charge is 0.262 e. The molecule has 0 spiro atoms. The minimum Gasteiger partial charge on any atom is -0.339 e. The summed E-state index contributed by atoms with van der Waals surface area (Å²) in [5.74, 6) is 0. The van der Waals surface area contributed by atoms with Crippen LogP contribution in [0.25, 0.3) is 0 Å². The van der Waals surface area contributed by atoms with Gasteiger partial charge in [-0.25, -0.2) is 13.4 Å². The summed E-state index contributed by atoms with van der Waals surface area (Å²) in [5.41, 5.74) is 5.91. The molecule has 0 amide bonds. The molecule has 0 aliphatic carbocycles. The van der Waals surface area contributed by atoms with Crippen LogP contribution in [0.4, 0.5) is 0 Å². The number of sulfonamides is 1. The Morgan fingerprint density at radius 3 is 2.68 bits per heavy atom. The van der Waals surface area contributed by atoms with Crippen LogP contribution in [0, 0.1) is 0 Å². The molecule has 19 heavy (non-hydrogen) atoms. The standard InChI is InChI=1S/C11H20N4O2S.ClH/c1-9(12)10-5-3-4-6-15(10)18(16,17)11-7-14(2)8-13-11;/h7-10H,3-6,12H2,1-2H3;1H. The monoisotopic (exact) mass is 308 g/mol. The molecule has 2 heterocycles. The van der Waals surface area contributed by atoms with E-state index in [1.54, 1.807) is 11.6 Å². The first-order chi connectivity index (χ1) is 8.43. The predicted octanol–water partition coefficient (Wildman–Crippen LogP) is 0.732. The second kappa shape index (κ2) is 6.21. The minimum atomic E-state index is -3.51. The largest absolute Gasteiger partial charge is 0.339 e. The molecule has 0 aromatic carbocycles. The zero-order valence-corrected chi connectivity index (χ0v) is 12.8. The van der Waals surface area contributed by atoms with E-state index in [2.05, 4.69) is 4.98 Å². The Bertz CT molecular complexity index is 515. The van der Waals surface area contributed by atoms with E-state index in [1.807, 2.05) is 6.92 Å². The number of halogens is 1. The van der Waals surface area contributed by atoms with E-state index in [4.69, 9.17) is 5.73 Å². The van der Waals surface area contributed by atoms with Crippen molar-refractivity contribution in [2.75, 3.05) is 6.54 Å². The Morgan fingerprint density at radius 2 is 2.16 bits per heavy atom. The lowest BCUT2D eigenvalue weighted by molar-refractivity contribution is 0.227. The molecule has 1 aromatic heterocycles. The summed E-state index contributed by atoms with van der Waals surface area (Å²) in [6, 6.07) is -0.283. The van der Waals surface area contributed by atoms with Gasteiger partial charge in [0.05, 0.1) is 6.33 Å². The van der Waals surface area contributed by atoms with Crippen LogP contribution in [0.15, 0.2) is 17.6 Å². The van der Waals surface area contributed by atoms with E-state index in [0.717, 1.165) is 19.3 Å². The average molecular weight is 309 g/mol. The number of imidazole rings is 1. The summed E-state index contributed by atoms with van der Waals surface area (Å²) < 4.78 is 28.2. The van der Waals surface area contributed by atoms with Crippen LogP contribution in [-0.2, 0) is 17.1 Å². The molecule has 2 unspecified atom stereocenters. The molecule has 1 saturated heterocycles. The van der Waals surface area contributed by atoms with E-state index >= 15 is 0 Å². The first-order valence-electron chi connectivity index (χ1n) is 6.18. The van der Waals surface area contributed by atoms with E-state index in [9.17, 15) is 8.42 Å². The van der Waals surface area contributed by atoms with Crippen LogP contribution in [0.3, 0.4) is 0 Å². The van der Waals surface area contributed by atoms with Crippen molar-refractivity contribution < 1.29 is 8.42 Å². The SMILES string of the molecule is CC(N)C1CCCCN1S(=O)(=O)c1cn(C)cn1.Cl. The van der Waals surface area contributed by atoms with Crippen LogP contribution >= 0.6 is 12.4 Å². The van der Waals surface area contributed by atoms with Gasteiger partial charge in [-0.2, -0.15) is 4.31 Å². The Balaban J connectivity index is 0.00000180.